The van der Waals surface area contributed by atoms with Gasteiger partial charge in [0.1, 0.15) is 0 Å². The van der Waals surface area contributed by atoms with E-state index >= 15 is 0 Å². The van der Waals surface area contributed by atoms with Crippen molar-refractivity contribution in [3.63, 3.8) is 0 Å². The zero-order valence-electron chi connectivity index (χ0n) is 6.77. The smallest absolute Gasteiger partial charge is 0.00765 e. The Morgan fingerprint density at radius 1 is 1.70 bits per heavy atom. The SMILES string of the molecule is CCCC1=CCC(N)CC1. The van der Waals surface area contributed by atoms with Crippen molar-refractivity contribution in [1.29, 1.82) is 0 Å². The maximum absolute atomic E-state index is 5.75. The Labute approximate surface area is 63.3 Å². The lowest BCUT2D eigenvalue weighted by atomic mass is 9.93. The van der Waals surface area contributed by atoms with Crippen LogP contribution < -0.4 is 5.73 Å². The third-order valence-electron chi connectivity index (χ3n) is 2.12. The Bertz CT molecular complexity index is 127. The standard InChI is InChI=1S/C9H17N/c1-2-3-8-4-6-9(10)7-5-8/h4,9H,2-3,5-7,10H2,1H3. The van der Waals surface area contributed by atoms with Crippen molar-refractivity contribution in [2.24, 2.45) is 5.73 Å². The molecule has 0 saturated heterocycles. The molecule has 0 fully saturated rings. The quantitative estimate of drug-likeness (QED) is 0.583. The van der Waals surface area contributed by atoms with Crippen LogP contribution >= 0.6 is 0 Å². The third kappa shape index (κ3) is 2.14. The molecule has 0 aromatic rings. The van der Waals surface area contributed by atoms with Crippen LogP contribution in [0.5, 0.6) is 0 Å². The molecule has 0 radical (unpaired) electrons. The summed E-state index contributed by atoms with van der Waals surface area (Å²) < 4.78 is 0. The molecular weight excluding hydrogens is 122 g/mol. The van der Waals surface area contributed by atoms with Crippen LogP contribution in [0.3, 0.4) is 0 Å². The molecule has 2 N–H and O–H groups in total. The molecule has 1 aliphatic rings. The summed E-state index contributed by atoms with van der Waals surface area (Å²) >= 11 is 0. The molecule has 0 spiro atoms. The van der Waals surface area contributed by atoms with Gasteiger partial charge in [-0.2, -0.15) is 0 Å². The summed E-state index contributed by atoms with van der Waals surface area (Å²) in [5, 5.41) is 0. The van der Waals surface area contributed by atoms with Crippen LogP contribution in [0.4, 0.5) is 0 Å². The Morgan fingerprint density at radius 2 is 2.50 bits per heavy atom. The first-order valence-electron chi connectivity index (χ1n) is 4.26. The van der Waals surface area contributed by atoms with Crippen molar-refractivity contribution < 1.29 is 0 Å². The topological polar surface area (TPSA) is 26.0 Å². The second kappa shape index (κ2) is 3.77. The monoisotopic (exact) mass is 139 g/mol. The van der Waals surface area contributed by atoms with Gasteiger partial charge in [-0.3, -0.25) is 0 Å². The van der Waals surface area contributed by atoms with Crippen molar-refractivity contribution in [2.45, 2.75) is 45.1 Å². The lowest BCUT2D eigenvalue weighted by Gasteiger charge is -2.17. The van der Waals surface area contributed by atoms with E-state index in [0.717, 1.165) is 6.42 Å². The van der Waals surface area contributed by atoms with Crippen LogP contribution in [0.15, 0.2) is 11.6 Å². The first-order chi connectivity index (χ1) is 4.83. The fourth-order valence-electron chi connectivity index (χ4n) is 1.46. The van der Waals surface area contributed by atoms with E-state index in [2.05, 4.69) is 13.0 Å². The van der Waals surface area contributed by atoms with Gasteiger partial charge >= 0.3 is 0 Å². The van der Waals surface area contributed by atoms with Gasteiger partial charge in [0.05, 0.1) is 0 Å². The number of hydrogen-bond donors (Lipinski definition) is 1. The van der Waals surface area contributed by atoms with Gasteiger partial charge in [0.2, 0.25) is 0 Å². The van der Waals surface area contributed by atoms with E-state index in [4.69, 9.17) is 5.73 Å². The molecule has 1 rings (SSSR count). The molecule has 0 saturated carbocycles. The third-order valence-corrected chi connectivity index (χ3v) is 2.12. The van der Waals surface area contributed by atoms with E-state index in [0.29, 0.717) is 6.04 Å². The first kappa shape index (κ1) is 7.80. The first-order valence-corrected chi connectivity index (χ1v) is 4.26. The van der Waals surface area contributed by atoms with E-state index in [1.54, 1.807) is 5.57 Å². The van der Waals surface area contributed by atoms with E-state index in [-0.39, 0.29) is 0 Å². The molecule has 1 nitrogen and oxygen atoms in total. The number of hydrogen-bond acceptors (Lipinski definition) is 1. The Kier molecular flexibility index (Phi) is 2.94. The highest BCUT2D eigenvalue weighted by molar-refractivity contribution is 5.07. The van der Waals surface area contributed by atoms with E-state index in [1.165, 1.54) is 25.7 Å². The van der Waals surface area contributed by atoms with Gasteiger partial charge in [0, 0.05) is 6.04 Å². The Morgan fingerprint density at radius 3 is 3.00 bits per heavy atom. The molecule has 0 amide bonds. The van der Waals surface area contributed by atoms with Crippen molar-refractivity contribution in [3.8, 4) is 0 Å². The molecule has 10 heavy (non-hydrogen) atoms. The van der Waals surface area contributed by atoms with Crippen LogP contribution in [0, 0.1) is 0 Å². The molecule has 58 valence electrons. The minimum absolute atomic E-state index is 0.445. The van der Waals surface area contributed by atoms with E-state index in [1.807, 2.05) is 0 Å². The summed E-state index contributed by atoms with van der Waals surface area (Å²) in [4.78, 5) is 0. The Balaban J connectivity index is 2.33. The molecule has 0 heterocycles. The summed E-state index contributed by atoms with van der Waals surface area (Å²) in [7, 11) is 0. The minimum atomic E-state index is 0.445. The summed E-state index contributed by atoms with van der Waals surface area (Å²) in [6, 6.07) is 0.445. The summed E-state index contributed by atoms with van der Waals surface area (Å²) in [5.41, 5.74) is 7.38. The zero-order chi connectivity index (χ0) is 7.40. The molecule has 1 atom stereocenters. The highest BCUT2D eigenvalue weighted by Gasteiger charge is 2.08. The molecule has 0 aliphatic heterocycles. The van der Waals surface area contributed by atoms with Gasteiger partial charge in [-0.1, -0.05) is 25.0 Å². The lowest BCUT2D eigenvalue weighted by Crippen LogP contribution is -2.21. The largest absolute Gasteiger partial charge is 0.327 e. The normalized spacial score (nSPS) is 26.2. The van der Waals surface area contributed by atoms with Crippen molar-refractivity contribution in [2.75, 3.05) is 0 Å². The van der Waals surface area contributed by atoms with Gasteiger partial charge < -0.3 is 5.73 Å². The summed E-state index contributed by atoms with van der Waals surface area (Å²) in [6.07, 6.45) is 8.45. The van der Waals surface area contributed by atoms with Crippen LogP contribution in [-0.2, 0) is 0 Å². The highest BCUT2D eigenvalue weighted by atomic mass is 14.6. The predicted octanol–water partition coefficient (Wildman–Crippen LogP) is 2.22. The Hall–Kier alpha value is -0.300. The second-order valence-electron chi connectivity index (χ2n) is 3.15. The van der Waals surface area contributed by atoms with Crippen LogP contribution in [0.2, 0.25) is 0 Å². The number of nitrogens with two attached hydrogens (primary N) is 1. The molecule has 1 heteroatoms. The average Bonchev–Trinajstić information content (AvgIpc) is 1.95. The van der Waals surface area contributed by atoms with Crippen molar-refractivity contribution in [3.05, 3.63) is 11.6 Å². The average molecular weight is 139 g/mol. The molecular formula is C9H17N. The van der Waals surface area contributed by atoms with Gasteiger partial charge in [-0.25, -0.2) is 0 Å². The second-order valence-corrected chi connectivity index (χ2v) is 3.15. The van der Waals surface area contributed by atoms with Crippen molar-refractivity contribution >= 4 is 0 Å². The fraction of sp³-hybridized carbons (Fsp3) is 0.778. The maximum Gasteiger partial charge on any atom is 0.00765 e. The molecule has 1 aliphatic carbocycles. The van der Waals surface area contributed by atoms with E-state index < -0.39 is 0 Å². The molecule has 0 bridgehead atoms. The van der Waals surface area contributed by atoms with Gasteiger partial charge in [0.25, 0.3) is 0 Å². The lowest BCUT2D eigenvalue weighted by molar-refractivity contribution is 0.576. The zero-order valence-corrected chi connectivity index (χ0v) is 6.77. The minimum Gasteiger partial charge on any atom is -0.327 e. The number of rotatable bonds is 2. The van der Waals surface area contributed by atoms with Crippen LogP contribution in [-0.4, -0.2) is 6.04 Å². The van der Waals surface area contributed by atoms with Crippen LogP contribution in [0.25, 0.3) is 0 Å². The molecule has 1 unspecified atom stereocenters. The fourth-order valence-corrected chi connectivity index (χ4v) is 1.46. The van der Waals surface area contributed by atoms with Crippen molar-refractivity contribution in [1.82, 2.24) is 0 Å². The van der Waals surface area contributed by atoms with E-state index in [9.17, 15) is 0 Å². The molecule has 0 aromatic heterocycles. The molecule has 0 aromatic carbocycles. The van der Waals surface area contributed by atoms with Gasteiger partial charge in [0.15, 0.2) is 0 Å². The number of allylic oxidation sites excluding steroid dienone is 1. The highest BCUT2D eigenvalue weighted by Crippen LogP contribution is 2.20. The van der Waals surface area contributed by atoms with Crippen LogP contribution in [0.1, 0.15) is 39.0 Å². The van der Waals surface area contributed by atoms with Gasteiger partial charge in [-0.15, -0.1) is 0 Å². The van der Waals surface area contributed by atoms with Gasteiger partial charge in [-0.05, 0) is 25.7 Å². The maximum atomic E-state index is 5.75. The predicted molar refractivity (Wildman–Crippen MR) is 44.8 cm³/mol. The summed E-state index contributed by atoms with van der Waals surface area (Å²) in [6.45, 7) is 2.23. The summed E-state index contributed by atoms with van der Waals surface area (Å²) in [5.74, 6) is 0.